The molecule has 154 valence electrons. The van der Waals surface area contributed by atoms with Gasteiger partial charge in [-0.25, -0.2) is 4.39 Å². The van der Waals surface area contributed by atoms with Crippen LogP contribution in [-0.2, 0) is 16.1 Å². The lowest BCUT2D eigenvalue weighted by atomic mass is 10.1. The summed E-state index contributed by atoms with van der Waals surface area (Å²) in [7, 11) is 0. The molecule has 0 saturated carbocycles. The largest absolute Gasteiger partial charge is 0.457 e. The van der Waals surface area contributed by atoms with Gasteiger partial charge >= 0.3 is 6.18 Å². The Labute approximate surface area is 164 Å². The predicted molar refractivity (Wildman–Crippen MR) is 95.5 cm³/mol. The van der Waals surface area contributed by atoms with Crippen molar-refractivity contribution in [2.75, 3.05) is 13.1 Å². The molecule has 0 aromatic heterocycles. The summed E-state index contributed by atoms with van der Waals surface area (Å²) in [5, 5.41) is 2.64. The van der Waals surface area contributed by atoms with Crippen LogP contribution in [0.1, 0.15) is 12.0 Å². The van der Waals surface area contributed by atoms with Gasteiger partial charge in [0.25, 0.3) is 0 Å². The van der Waals surface area contributed by atoms with Crippen LogP contribution in [0.5, 0.6) is 11.5 Å². The molecule has 0 spiro atoms. The molecule has 1 unspecified atom stereocenters. The molecule has 2 amide bonds. The van der Waals surface area contributed by atoms with E-state index in [1.165, 1.54) is 24.3 Å². The second-order valence-corrected chi connectivity index (χ2v) is 6.71. The average Bonchev–Trinajstić information content (AvgIpc) is 3.01. The van der Waals surface area contributed by atoms with Crippen molar-refractivity contribution in [2.24, 2.45) is 5.92 Å². The van der Waals surface area contributed by atoms with E-state index in [4.69, 9.17) is 4.74 Å². The second kappa shape index (κ2) is 8.50. The Hall–Kier alpha value is -3.10. The smallest absolute Gasteiger partial charge is 0.406 e. The number of ether oxygens (including phenoxy) is 1. The van der Waals surface area contributed by atoms with Crippen LogP contribution in [0.2, 0.25) is 0 Å². The number of likely N-dealkylation sites (tertiary alicyclic amines) is 1. The van der Waals surface area contributed by atoms with Gasteiger partial charge in [0.2, 0.25) is 11.8 Å². The molecule has 0 aliphatic carbocycles. The number of hydrogen-bond donors (Lipinski definition) is 1. The first-order valence-electron chi connectivity index (χ1n) is 8.84. The monoisotopic (exact) mass is 410 g/mol. The lowest BCUT2D eigenvalue weighted by Gasteiger charge is -2.18. The summed E-state index contributed by atoms with van der Waals surface area (Å²) < 4.78 is 55.8. The molecule has 5 nitrogen and oxygen atoms in total. The third-order valence-corrected chi connectivity index (χ3v) is 4.39. The second-order valence-electron chi connectivity index (χ2n) is 6.71. The Balaban J connectivity index is 1.49. The Morgan fingerprint density at radius 3 is 2.24 bits per heavy atom. The number of alkyl halides is 3. The first-order chi connectivity index (χ1) is 13.7. The zero-order chi connectivity index (χ0) is 21.0. The summed E-state index contributed by atoms with van der Waals surface area (Å²) in [5.41, 5.74) is 0.751. The standard InChI is InChI=1S/C20H18F4N2O3/c21-15-3-7-17(8-4-15)29-16-5-1-13(2-6-16)10-25-19(28)14-9-18(27)26(11-14)12-20(22,23)24/h1-8,14H,9-12H2,(H,25,28). The van der Waals surface area contributed by atoms with Crippen LogP contribution < -0.4 is 10.1 Å². The van der Waals surface area contributed by atoms with E-state index in [0.717, 1.165) is 5.56 Å². The summed E-state index contributed by atoms with van der Waals surface area (Å²) in [4.78, 5) is 24.5. The van der Waals surface area contributed by atoms with Gasteiger partial charge in [0.1, 0.15) is 23.9 Å². The van der Waals surface area contributed by atoms with Crippen LogP contribution >= 0.6 is 0 Å². The van der Waals surface area contributed by atoms with Gasteiger partial charge in [-0.1, -0.05) is 12.1 Å². The zero-order valence-electron chi connectivity index (χ0n) is 15.2. The van der Waals surface area contributed by atoms with Crippen molar-refractivity contribution >= 4 is 11.8 Å². The lowest BCUT2D eigenvalue weighted by Crippen LogP contribution is -2.37. The van der Waals surface area contributed by atoms with Gasteiger partial charge in [-0.2, -0.15) is 13.2 Å². The molecule has 1 saturated heterocycles. The Kier molecular flexibility index (Phi) is 6.05. The highest BCUT2D eigenvalue weighted by Gasteiger charge is 2.40. The van der Waals surface area contributed by atoms with E-state index in [9.17, 15) is 27.2 Å². The highest BCUT2D eigenvalue weighted by molar-refractivity contribution is 5.89. The van der Waals surface area contributed by atoms with Gasteiger partial charge in [-0.05, 0) is 42.0 Å². The average molecular weight is 410 g/mol. The van der Waals surface area contributed by atoms with Gasteiger partial charge in [0.05, 0.1) is 5.92 Å². The van der Waals surface area contributed by atoms with Crippen LogP contribution in [0, 0.1) is 11.7 Å². The Bertz CT molecular complexity index is 867. The molecule has 2 aromatic rings. The van der Waals surface area contributed by atoms with E-state index in [2.05, 4.69) is 5.32 Å². The van der Waals surface area contributed by atoms with Crippen molar-refractivity contribution in [3.8, 4) is 11.5 Å². The maximum absolute atomic E-state index is 12.9. The molecule has 1 aliphatic heterocycles. The number of nitrogens with zero attached hydrogens (tertiary/aromatic N) is 1. The first kappa shape index (κ1) is 20.6. The highest BCUT2D eigenvalue weighted by Crippen LogP contribution is 2.24. The van der Waals surface area contributed by atoms with E-state index in [1.54, 1.807) is 24.3 Å². The van der Waals surface area contributed by atoms with Crippen LogP contribution in [0.3, 0.4) is 0 Å². The molecule has 1 heterocycles. The summed E-state index contributed by atoms with van der Waals surface area (Å²) in [6, 6.07) is 12.3. The first-order valence-corrected chi connectivity index (χ1v) is 8.84. The molecule has 29 heavy (non-hydrogen) atoms. The summed E-state index contributed by atoms with van der Waals surface area (Å²) in [6.07, 6.45) is -4.72. The molecular formula is C20H18F4N2O3. The van der Waals surface area contributed by atoms with Crippen molar-refractivity contribution in [3.63, 3.8) is 0 Å². The van der Waals surface area contributed by atoms with Crippen molar-refractivity contribution in [1.82, 2.24) is 10.2 Å². The van der Waals surface area contributed by atoms with E-state index in [0.29, 0.717) is 16.4 Å². The van der Waals surface area contributed by atoms with Crippen molar-refractivity contribution < 1.29 is 31.9 Å². The van der Waals surface area contributed by atoms with Crippen LogP contribution in [0.4, 0.5) is 17.6 Å². The molecule has 1 atom stereocenters. The highest BCUT2D eigenvalue weighted by atomic mass is 19.4. The van der Waals surface area contributed by atoms with E-state index < -0.39 is 30.5 Å². The molecule has 3 rings (SSSR count). The molecule has 1 N–H and O–H groups in total. The zero-order valence-corrected chi connectivity index (χ0v) is 15.2. The number of carbonyl (C=O) groups excluding carboxylic acids is 2. The van der Waals surface area contributed by atoms with Crippen molar-refractivity contribution in [3.05, 3.63) is 59.9 Å². The van der Waals surface area contributed by atoms with E-state index >= 15 is 0 Å². The number of nitrogens with one attached hydrogen (secondary N) is 1. The number of rotatable bonds is 6. The summed E-state index contributed by atoms with van der Waals surface area (Å²) in [5.74, 6) is -1.31. The summed E-state index contributed by atoms with van der Waals surface area (Å²) in [6.45, 7) is -1.42. The number of benzene rings is 2. The minimum absolute atomic E-state index is 0.166. The third kappa shape index (κ3) is 5.94. The molecule has 1 fully saturated rings. The Morgan fingerprint density at radius 2 is 1.66 bits per heavy atom. The third-order valence-electron chi connectivity index (χ3n) is 4.39. The number of amides is 2. The van der Waals surface area contributed by atoms with E-state index in [-0.39, 0.29) is 25.3 Å². The minimum Gasteiger partial charge on any atom is -0.457 e. The number of hydrogen-bond acceptors (Lipinski definition) is 3. The van der Waals surface area contributed by atoms with Gasteiger partial charge in [-0.15, -0.1) is 0 Å². The number of halogens is 4. The molecule has 0 bridgehead atoms. The van der Waals surface area contributed by atoms with E-state index in [1.807, 2.05) is 0 Å². The normalized spacial score (nSPS) is 16.8. The lowest BCUT2D eigenvalue weighted by molar-refractivity contribution is -0.157. The van der Waals surface area contributed by atoms with Gasteiger partial charge in [0.15, 0.2) is 0 Å². The maximum atomic E-state index is 12.9. The fraction of sp³-hybridized carbons (Fsp3) is 0.300. The Morgan fingerprint density at radius 1 is 1.07 bits per heavy atom. The van der Waals surface area contributed by atoms with Crippen LogP contribution in [0.25, 0.3) is 0 Å². The van der Waals surface area contributed by atoms with Gasteiger partial charge in [0, 0.05) is 19.5 Å². The molecule has 9 heteroatoms. The van der Waals surface area contributed by atoms with Gasteiger partial charge in [-0.3, -0.25) is 9.59 Å². The van der Waals surface area contributed by atoms with Crippen molar-refractivity contribution in [2.45, 2.75) is 19.1 Å². The molecule has 2 aromatic carbocycles. The van der Waals surface area contributed by atoms with Crippen molar-refractivity contribution in [1.29, 1.82) is 0 Å². The fourth-order valence-corrected chi connectivity index (χ4v) is 2.96. The molecular weight excluding hydrogens is 392 g/mol. The molecule has 0 radical (unpaired) electrons. The topological polar surface area (TPSA) is 58.6 Å². The quantitative estimate of drug-likeness (QED) is 0.740. The maximum Gasteiger partial charge on any atom is 0.406 e. The van der Waals surface area contributed by atoms with Gasteiger partial charge < -0.3 is 15.0 Å². The minimum atomic E-state index is -4.49. The van der Waals surface area contributed by atoms with Crippen LogP contribution in [-0.4, -0.2) is 36.0 Å². The SMILES string of the molecule is O=C(NCc1ccc(Oc2ccc(F)cc2)cc1)C1CC(=O)N(CC(F)(F)F)C1. The van der Waals surface area contributed by atoms with Crippen LogP contribution in [0.15, 0.2) is 48.5 Å². The fourth-order valence-electron chi connectivity index (χ4n) is 2.96. The number of carbonyl (C=O) groups is 2. The molecule has 1 aliphatic rings. The predicted octanol–water partition coefficient (Wildman–Crippen LogP) is 3.65. The summed E-state index contributed by atoms with van der Waals surface area (Å²) >= 11 is 0.